The van der Waals surface area contributed by atoms with Gasteiger partial charge in [0.05, 0.1) is 0 Å². The molecule has 1 atom stereocenters. The quantitative estimate of drug-likeness (QED) is 0.0262. The van der Waals surface area contributed by atoms with E-state index in [1.165, 1.54) is 161 Å². The molecule has 0 radical (unpaired) electrons. The summed E-state index contributed by atoms with van der Waals surface area (Å²) in [4.78, 5) is 38.0. The summed E-state index contributed by atoms with van der Waals surface area (Å²) in [6.07, 6.45) is 63.8. The number of carbonyl (C=O) groups is 3. The average molecular weight is 897 g/mol. The zero-order valence-corrected chi connectivity index (χ0v) is 42.6. The molecule has 0 N–H and O–H groups in total. The Labute approximate surface area is 397 Å². The van der Waals surface area contributed by atoms with Crippen LogP contribution in [0.2, 0.25) is 0 Å². The Morgan fingerprint density at radius 1 is 0.312 bits per heavy atom. The number of ether oxygens (including phenoxy) is 3. The maximum absolute atomic E-state index is 12.8. The topological polar surface area (TPSA) is 78.9 Å². The number of carbonyl (C=O) groups excluding carboxylic acids is 3. The summed E-state index contributed by atoms with van der Waals surface area (Å²) in [5.74, 6) is -0.894. The van der Waals surface area contributed by atoms with Crippen LogP contribution in [0, 0.1) is 0 Å². The Bertz CT molecular complexity index is 1120. The number of hydrogen-bond donors (Lipinski definition) is 0. The van der Waals surface area contributed by atoms with Gasteiger partial charge in [-0.1, -0.05) is 211 Å². The average Bonchev–Trinajstić information content (AvgIpc) is 3.29. The summed E-state index contributed by atoms with van der Waals surface area (Å²) < 4.78 is 16.8. The molecule has 0 aromatic rings. The normalized spacial score (nSPS) is 12.4. The van der Waals surface area contributed by atoms with E-state index in [2.05, 4.69) is 69.4 Å². The predicted octanol–water partition coefficient (Wildman–Crippen LogP) is 18.3. The molecule has 0 saturated heterocycles. The van der Waals surface area contributed by atoms with Crippen molar-refractivity contribution < 1.29 is 28.6 Å². The first kappa shape index (κ1) is 61.4. The van der Waals surface area contributed by atoms with E-state index < -0.39 is 6.10 Å². The molecule has 6 heteroatoms. The van der Waals surface area contributed by atoms with E-state index in [4.69, 9.17) is 14.2 Å². The molecule has 0 fully saturated rings. The van der Waals surface area contributed by atoms with Crippen LogP contribution in [0.3, 0.4) is 0 Å². The largest absolute Gasteiger partial charge is 0.462 e. The van der Waals surface area contributed by atoms with Gasteiger partial charge in [0.15, 0.2) is 6.10 Å². The van der Waals surface area contributed by atoms with Gasteiger partial charge in [0, 0.05) is 19.3 Å². The standard InChI is InChI=1S/C58H104O6/c1-4-7-10-13-16-19-22-25-26-27-28-29-30-31-32-34-36-39-42-45-48-51-57(60)63-54-55(53-62-56(59)50-47-44-41-38-35-24-21-18-15-12-9-6-3)64-58(61)52-49-46-43-40-37-33-23-20-17-14-11-8-5-2/h18,20-23,25,27-28,55H,4-17,19,24,26,29-54H2,1-3H3/b21-18-,23-20-,25-22-,28-27-. The minimum atomic E-state index is -0.780. The van der Waals surface area contributed by atoms with Crippen molar-refractivity contribution in [3.8, 4) is 0 Å². The third-order valence-electron chi connectivity index (χ3n) is 12.0. The van der Waals surface area contributed by atoms with Crippen molar-refractivity contribution in [1.82, 2.24) is 0 Å². The van der Waals surface area contributed by atoms with Crippen LogP contribution >= 0.6 is 0 Å². The first-order chi connectivity index (χ1) is 31.5. The molecule has 6 nitrogen and oxygen atoms in total. The van der Waals surface area contributed by atoms with Crippen molar-refractivity contribution in [2.24, 2.45) is 0 Å². The van der Waals surface area contributed by atoms with Gasteiger partial charge in [0.25, 0.3) is 0 Å². The van der Waals surface area contributed by atoms with E-state index in [0.717, 1.165) is 83.5 Å². The molecule has 0 aliphatic heterocycles. The SMILES string of the molecule is CCCCC/C=C\CCCCCCCC(=O)OCC(COC(=O)CCCCCCCCCCC/C=C\C/C=C\CCCCCCC)OC(=O)CCCCCCC/C=C\CCCCCC. The lowest BCUT2D eigenvalue weighted by Gasteiger charge is -2.18. The summed E-state index contributed by atoms with van der Waals surface area (Å²) in [6, 6.07) is 0. The lowest BCUT2D eigenvalue weighted by Crippen LogP contribution is -2.30. The van der Waals surface area contributed by atoms with Gasteiger partial charge in [-0.25, -0.2) is 0 Å². The Morgan fingerprint density at radius 3 is 0.922 bits per heavy atom. The first-order valence-electron chi connectivity index (χ1n) is 27.6. The maximum Gasteiger partial charge on any atom is 0.306 e. The van der Waals surface area contributed by atoms with Crippen LogP contribution < -0.4 is 0 Å². The lowest BCUT2D eigenvalue weighted by atomic mass is 10.1. The van der Waals surface area contributed by atoms with Crippen molar-refractivity contribution in [1.29, 1.82) is 0 Å². The van der Waals surface area contributed by atoms with Crippen molar-refractivity contribution in [3.05, 3.63) is 48.6 Å². The van der Waals surface area contributed by atoms with Crippen LogP contribution in [0.15, 0.2) is 48.6 Å². The van der Waals surface area contributed by atoms with Gasteiger partial charge in [0.2, 0.25) is 0 Å². The van der Waals surface area contributed by atoms with Crippen molar-refractivity contribution >= 4 is 17.9 Å². The van der Waals surface area contributed by atoms with Gasteiger partial charge < -0.3 is 14.2 Å². The molecular formula is C58H104O6. The highest BCUT2D eigenvalue weighted by atomic mass is 16.6. The van der Waals surface area contributed by atoms with Crippen LogP contribution in [0.5, 0.6) is 0 Å². The van der Waals surface area contributed by atoms with Crippen LogP contribution in [0.25, 0.3) is 0 Å². The molecule has 1 unspecified atom stereocenters. The summed E-state index contributed by atoms with van der Waals surface area (Å²) in [6.45, 7) is 6.59. The van der Waals surface area contributed by atoms with Gasteiger partial charge in [0.1, 0.15) is 13.2 Å². The maximum atomic E-state index is 12.8. The van der Waals surface area contributed by atoms with Crippen LogP contribution in [-0.2, 0) is 28.6 Å². The minimum absolute atomic E-state index is 0.0802. The summed E-state index contributed by atoms with van der Waals surface area (Å²) in [7, 11) is 0. The van der Waals surface area contributed by atoms with E-state index in [1.54, 1.807) is 0 Å². The second kappa shape index (κ2) is 53.0. The van der Waals surface area contributed by atoms with Gasteiger partial charge in [-0.3, -0.25) is 14.4 Å². The van der Waals surface area contributed by atoms with Crippen molar-refractivity contribution in [2.75, 3.05) is 13.2 Å². The number of esters is 3. The number of unbranched alkanes of at least 4 members (excludes halogenated alkanes) is 31. The molecule has 0 bridgehead atoms. The highest BCUT2D eigenvalue weighted by Crippen LogP contribution is 2.15. The van der Waals surface area contributed by atoms with Crippen LogP contribution in [0.1, 0.15) is 284 Å². The van der Waals surface area contributed by atoms with Gasteiger partial charge in [-0.15, -0.1) is 0 Å². The molecule has 0 rings (SSSR count). The molecule has 0 heterocycles. The number of allylic oxidation sites excluding steroid dienone is 8. The third kappa shape index (κ3) is 50.4. The molecule has 0 aliphatic rings. The fraction of sp³-hybridized carbons (Fsp3) is 0.810. The number of hydrogen-bond acceptors (Lipinski definition) is 6. The highest BCUT2D eigenvalue weighted by Gasteiger charge is 2.19. The van der Waals surface area contributed by atoms with Gasteiger partial charge in [-0.05, 0) is 103 Å². The summed E-state index contributed by atoms with van der Waals surface area (Å²) in [5, 5.41) is 0. The third-order valence-corrected chi connectivity index (χ3v) is 12.0. The van der Waals surface area contributed by atoms with Crippen LogP contribution in [-0.4, -0.2) is 37.2 Å². The monoisotopic (exact) mass is 897 g/mol. The van der Waals surface area contributed by atoms with E-state index in [1.807, 2.05) is 0 Å². The second-order valence-electron chi connectivity index (χ2n) is 18.5. The van der Waals surface area contributed by atoms with E-state index in [-0.39, 0.29) is 31.1 Å². The Morgan fingerprint density at radius 2 is 0.562 bits per heavy atom. The Balaban J connectivity index is 4.31. The van der Waals surface area contributed by atoms with Crippen LogP contribution in [0.4, 0.5) is 0 Å². The molecule has 0 aromatic heterocycles. The smallest absolute Gasteiger partial charge is 0.306 e. The fourth-order valence-corrected chi connectivity index (χ4v) is 7.81. The Hall–Kier alpha value is -2.63. The second-order valence-corrected chi connectivity index (χ2v) is 18.5. The van der Waals surface area contributed by atoms with Crippen molar-refractivity contribution in [2.45, 2.75) is 290 Å². The molecule has 64 heavy (non-hydrogen) atoms. The van der Waals surface area contributed by atoms with E-state index in [0.29, 0.717) is 19.3 Å². The molecular weight excluding hydrogens is 793 g/mol. The van der Waals surface area contributed by atoms with Gasteiger partial charge in [-0.2, -0.15) is 0 Å². The van der Waals surface area contributed by atoms with E-state index in [9.17, 15) is 14.4 Å². The minimum Gasteiger partial charge on any atom is -0.462 e. The van der Waals surface area contributed by atoms with E-state index >= 15 is 0 Å². The molecule has 0 spiro atoms. The predicted molar refractivity (Wildman–Crippen MR) is 275 cm³/mol. The highest BCUT2D eigenvalue weighted by molar-refractivity contribution is 5.71. The first-order valence-corrected chi connectivity index (χ1v) is 27.6. The van der Waals surface area contributed by atoms with Gasteiger partial charge >= 0.3 is 17.9 Å². The Kier molecular flexibility index (Phi) is 50.8. The molecule has 372 valence electrons. The molecule has 0 aliphatic carbocycles. The summed E-state index contributed by atoms with van der Waals surface area (Å²) >= 11 is 0. The molecule has 0 saturated carbocycles. The molecule has 0 amide bonds. The molecule has 0 aromatic carbocycles. The summed E-state index contributed by atoms with van der Waals surface area (Å²) in [5.41, 5.74) is 0. The number of rotatable bonds is 50. The zero-order valence-electron chi connectivity index (χ0n) is 42.6. The fourth-order valence-electron chi connectivity index (χ4n) is 7.81. The van der Waals surface area contributed by atoms with Crippen molar-refractivity contribution in [3.63, 3.8) is 0 Å². The lowest BCUT2D eigenvalue weighted by molar-refractivity contribution is -0.167. The zero-order chi connectivity index (χ0) is 46.5.